The standard InChI is InChI=1S/C55H61F36NO9/c1-6-37(2,3)36(94)92-31-11-14-32(15-12-31)101-35(93)16-10-30-9-13-33(95-23-7-17-38(4,97-25-19-40(56,57)44(64,65)48(72,73)52(80,81)82)98-26-20-41(58,59)45(66,67)49(74,75)53(83,84)85)29-34(30)96-24-8-18-39(5,99-27-21-42(60,61)46(68,69)50(76,77)54(86,87)88)100-28-22-43(62,63)47(70,71)51(78,79)55(89,90)91/h9-10,13,16,29,31-32H,6-8,11-12,14-15,17-28H2,1-5H3,(H,92,94)/b16-10+. The molecule has 1 aliphatic carbocycles. The summed E-state index contributed by atoms with van der Waals surface area (Å²) in [4.78, 5) is 25.7. The van der Waals surface area contributed by atoms with Crippen LogP contribution in [0.25, 0.3) is 6.08 Å². The van der Waals surface area contributed by atoms with Gasteiger partial charge in [-0.05, 0) is 77.0 Å². The fourth-order valence-corrected chi connectivity index (χ4v) is 8.46. The third-order valence-electron chi connectivity index (χ3n) is 15.4. The van der Waals surface area contributed by atoms with Gasteiger partial charge in [0.1, 0.15) is 17.6 Å². The van der Waals surface area contributed by atoms with E-state index in [0.717, 1.165) is 24.3 Å². The third kappa shape index (κ3) is 21.3. The number of nitrogens with one attached hydrogen (secondary N) is 1. The Balaban J connectivity index is 2.62. The van der Waals surface area contributed by atoms with E-state index in [0.29, 0.717) is 39.2 Å². The van der Waals surface area contributed by atoms with Gasteiger partial charge in [-0.2, -0.15) is 158 Å². The van der Waals surface area contributed by atoms with Crippen molar-refractivity contribution in [1.29, 1.82) is 0 Å². The van der Waals surface area contributed by atoms with Gasteiger partial charge in [0.25, 0.3) is 0 Å². The SMILES string of the molecule is CCC(C)(C)C(=O)NC1CCC(OC(=O)/C=C/c2ccc(OCCCC(C)(OCCC(F)(F)C(F)(F)C(F)(F)C(F)(F)F)OCCC(F)(F)C(F)(F)C(F)(F)C(F)(F)F)cc2OCCCC(C)(OCCC(F)(F)C(F)(F)C(F)(F)C(F)(F)F)OCCC(F)(F)C(F)(F)C(F)(F)C(F)(F)F)CC1. The van der Waals surface area contributed by atoms with Crippen molar-refractivity contribution in [1.82, 2.24) is 5.32 Å². The molecule has 0 radical (unpaired) electrons. The summed E-state index contributed by atoms with van der Waals surface area (Å²) in [6.45, 7) is -4.97. The Morgan fingerprint density at radius 2 is 0.723 bits per heavy atom. The Kier molecular flexibility index (Phi) is 29.0. The zero-order valence-electron chi connectivity index (χ0n) is 52.3. The van der Waals surface area contributed by atoms with E-state index in [4.69, 9.17) is 23.7 Å². The summed E-state index contributed by atoms with van der Waals surface area (Å²) in [6, 6.07) is 2.29. The van der Waals surface area contributed by atoms with Crippen LogP contribution in [-0.4, -0.2) is 171 Å². The van der Waals surface area contributed by atoms with E-state index in [1.165, 1.54) is 0 Å². The molecule has 101 heavy (non-hydrogen) atoms. The van der Waals surface area contributed by atoms with Gasteiger partial charge in [-0.25, -0.2) is 4.79 Å². The largest absolute Gasteiger partial charge is 0.493 e. The van der Waals surface area contributed by atoms with Crippen LogP contribution in [0.1, 0.15) is 124 Å². The molecule has 0 heterocycles. The Labute approximate surface area is 547 Å². The molecule has 1 aromatic carbocycles. The molecule has 0 spiro atoms. The maximum Gasteiger partial charge on any atom is 0.460 e. The summed E-state index contributed by atoms with van der Waals surface area (Å²) in [7, 11) is 0. The lowest BCUT2D eigenvalue weighted by Crippen LogP contribution is -2.61. The summed E-state index contributed by atoms with van der Waals surface area (Å²) in [6.07, 6.45) is -43.0. The lowest BCUT2D eigenvalue weighted by molar-refractivity contribution is -0.399. The first-order valence-electron chi connectivity index (χ1n) is 28.9. The molecule has 1 saturated carbocycles. The van der Waals surface area contributed by atoms with Gasteiger partial charge in [-0.1, -0.05) is 20.8 Å². The van der Waals surface area contributed by atoms with Crippen molar-refractivity contribution in [3.8, 4) is 11.5 Å². The van der Waals surface area contributed by atoms with E-state index in [1.54, 1.807) is 20.8 Å². The lowest BCUT2D eigenvalue weighted by Gasteiger charge is -2.36. The van der Waals surface area contributed by atoms with E-state index >= 15 is 0 Å². The summed E-state index contributed by atoms with van der Waals surface area (Å²) in [5.41, 5.74) is -1.05. The molecule has 0 unspecified atom stereocenters. The third-order valence-corrected chi connectivity index (χ3v) is 15.4. The molecule has 1 aliphatic rings. The van der Waals surface area contributed by atoms with Crippen LogP contribution in [0, 0.1) is 5.41 Å². The van der Waals surface area contributed by atoms with Crippen molar-refractivity contribution < 1.29 is 201 Å². The Morgan fingerprint density at radius 3 is 1.02 bits per heavy atom. The number of carbonyl (C=O) groups excluding carboxylic acids is 2. The number of alkyl halides is 36. The van der Waals surface area contributed by atoms with E-state index in [9.17, 15) is 168 Å². The molecule has 0 bridgehead atoms. The molecule has 46 heteroatoms. The summed E-state index contributed by atoms with van der Waals surface area (Å²) in [5.74, 6) is -93.9. The number of hydrogen-bond acceptors (Lipinski definition) is 9. The Morgan fingerprint density at radius 1 is 0.416 bits per heavy atom. The fraction of sp³-hybridized carbons (Fsp3) is 0.818. The van der Waals surface area contributed by atoms with Crippen LogP contribution in [0.3, 0.4) is 0 Å². The van der Waals surface area contributed by atoms with Crippen LogP contribution < -0.4 is 14.8 Å². The molecule has 592 valence electrons. The smallest absolute Gasteiger partial charge is 0.460 e. The molecule has 0 saturated heterocycles. The van der Waals surface area contributed by atoms with Crippen molar-refractivity contribution in [3.63, 3.8) is 0 Å². The monoisotopic (exact) mass is 1560 g/mol. The molecule has 0 aromatic heterocycles. The average Bonchev–Trinajstić information content (AvgIpc) is 0.765. The topological polar surface area (TPSA) is 111 Å². The van der Waals surface area contributed by atoms with Crippen LogP contribution in [0.4, 0.5) is 158 Å². The molecule has 10 nitrogen and oxygen atoms in total. The van der Waals surface area contributed by atoms with E-state index in [2.05, 4.69) is 14.8 Å². The van der Waals surface area contributed by atoms with E-state index in [1.807, 2.05) is 0 Å². The first-order chi connectivity index (χ1) is 44.9. The first kappa shape index (κ1) is 91.9. The highest BCUT2D eigenvalue weighted by Gasteiger charge is 2.85. The highest BCUT2D eigenvalue weighted by molar-refractivity contribution is 5.88. The molecule has 1 N–H and O–H groups in total. The molecule has 0 aliphatic heterocycles. The number of amides is 1. The highest BCUT2D eigenvalue weighted by atomic mass is 19.5. The second-order valence-corrected chi connectivity index (χ2v) is 23.6. The number of hydrogen-bond donors (Lipinski definition) is 1. The number of halogens is 36. The first-order valence-corrected chi connectivity index (χ1v) is 28.9. The number of benzene rings is 1. The molecular formula is C55H61F36NO9. The van der Waals surface area contributed by atoms with Crippen molar-refractivity contribution in [2.24, 2.45) is 5.41 Å². The molecule has 0 atom stereocenters. The van der Waals surface area contributed by atoms with Gasteiger partial charge in [-0.3, -0.25) is 4.79 Å². The van der Waals surface area contributed by atoms with Crippen molar-refractivity contribution in [3.05, 3.63) is 29.8 Å². The number of esters is 1. The minimum absolute atomic E-state index is 0.177. The van der Waals surface area contributed by atoms with Crippen molar-refractivity contribution >= 4 is 18.0 Å². The lowest BCUT2D eigenvalue weighted by atomic mass is 9.87. The molecule has 1 fully saturated rings. The van der Waals surface area contributed by atoms with Gasteiger partial charge >= 0.3 is 102 Å². The summed E-state index contributed by atoms with van der Waals surface area (Å²) in [5, 5.41) is 2.86. The van der Waals surface area contributed by atoms with E-state index in [-0.39, 0.29) is 30.4 Å². The normalized spacial score (nSPS) is 17.4. The van der Waals surface area contributed by atoms with Gasteiger partial charge in [0, 0.05) is 67.7 Å². The minimum atomic E-state index is -7.51. The van der Waals surface area contributed by atoms with Gasteiger partial charge in [0.2, 0.25) is 5.91 Å². The molecule has 1 amide bonds. The fourth-order valence-electron chi connectivity index (χ4n) is 8.46. The van der Waals surface area contributed by atoms with Gasteiger partial charge in [0.05, 0.1) is 39.6 Å². The predicted molar refractivity (Wildman–Crippen MR) is 272 cm³/mol. The summed E-state index contributed by atoms with van der Waals surface area (Å²) < 4.78 is 524. The average molecular weight is 1560 g/mol. The van der Waals surface area contributed by atoms with Crippen LogP contribution in [0.15, 0.2) is 24.3 Å². The number of carbonyl (C=O) groups is 2. The van der Waals surface area contributed by atoms with Gasteiger partial charge < -0.3 is 38.5 Å². The highest BCUT2D eigenvalue weighted by Crippen LogP contribution is 2.58. The maximum absolute atomic E-state index is 14.5. The Hall–Kier alpha value is -5.18. The molecular weight excluding hydrogens is 1500 g/mol. The molecule has 1 aromatic rings. The maximum atomic E-state index is 14.5. The van der Waals surface area contributed by atoms with Crippen LogP contribution in [0.5, 0.6) is 11.5 Å². The number of rotatable bonds is 40. The quantitative estimate of drug-likeness (QED) is 0.0226. The van der Waals surface area contributed by atoms with Crippen LogP contribution in [-0.2, 0) is 33.3 Å². The van der Waals surface area contributed by atoms with E-state index < -0.39 is 227 Å². The second kappa shape index (κ2) is 31.9. The van der Waals surface area contributed by atoms with Crippen LogP contribution >= 0.6 is 0 Å². The van der Waals surface area contributed by atoms with Crippen LogP contribution in [0.2, 0.25) is 0 Å². The minimum Gasteiger partial charge on any atom is -0.493 e. The van der Waals surface area contributed by atoms with Crippen molar-refractivity contribution in [2.75, 3.05) is 39.6 Å². The Bertz CT molecular complexity index is 2750. The van der Waals surface area contributed by atoms with Crippen molar-refractivity contribution in [2.45, 2.75) is 238 Å². The zero-order chi connectivity index (χ0) is 79.2. The predicted octanol–water partition coefficient (Wildman–Crippen LogP) is 19.4. The second-order valence-electron chi connectivity index (χ2n) is 23.6. The van der Waals surface area contributed by atoms with Gasteiger partial charge in [-0.15, -0.1) is 0 Å². The summed E-state index contributed by atoms with van der Waals surface area (Å²) >= 11 is 0. The van der Waals surface area contributed by atoms with Gasteiger partial charge in [0.15, 0.2) is 11.6 Å². The zero-order valence-corrected chi connectivity index (χ0v) is 52.3. The number of ether oxygens (including phenoxy) is 7. The molecule has 2 rings (SSSR count).